The normalized spacial score (nSPS) is 19.1. The second-order valence-corrected chi connectivity index (χ2v) is 7.15. The van der Waals surface area contributed by atoms with Crippen molar-refractivity contribution >= 4 is 18.2 Å². The summed E-state index contributed by atoms with van der Waals surface area (Å²) in [6, 6.07) is 13.9. The average molecular weight is 321 g/mol. The van der Waals surface area contributed by atoms with E-state index >= 15 is 0 Å². The van der Waals surface area contributed by atoms with E-state index in [4.69, 9.17) is 9.31 Å². The molecule has 1 aliphatic rings. The molecule has 0 aliphatic carbocycles. The molecule has 1 aliphatic heterocycles. The van der Waals surface area contributed by atoms with E-state index in [9.17, 15) is 0 Å². The molecule has 0 radical (unpaired) electrons. The smallest absolute Gasteiger partial charge is 0.399 e. The number of hydrogen-bond acceptors (Lipinski definition) is 4. The Kier molecular flexibility index (Phi) is 3.30. The maximum absolute atomic E-state index is 6.13. The van der Waals surface area contributed by atoms with Crippen LogP contribution in [0.15, 0.2) is 48.7 Å². The quantitative estimate of drug-likeness (QED) is 0.681. The van der Waals surface area contributed by atoms with Crippen molar-refractivity contribution in [1.82, 2.24) is 14.6 Å². The molecule has 0 amide bonds. The highest BCUT2D eigenvalue weighted by molar-refractivity contribution is 6.62. The molecule has 0 saturated carbocycles. The van der Waals surface area contributed by atoms with Crippen LogP contribution in [0.2, 0.25) is 0 Å². The molecule has 1 aromatic carbocycles. The molecule has 3 heterocycles. The molecule has 0 N–H and O–H groups in total. The first kappa shape index (κ1) is 15.4. The summed E-state index contributed by atoms with van der Waals surface area (Å²) in [5.41, 5.74) is 2.05. The third-order valence-electron chi connectivity index (χ3n) is 4.91. The lowest BCUT2D eigenvalue weighted by atomic mass is 9.78. The van der Waals surface area contributed by atoms with Gasteiger partial charge in [0.15, 0.2) is 11.5 Å². The third-order valence-corrected chi connectivity index (χ3v) is 4.91. The van der Waals surface area contributed by atoms with Gasteiger partial charge in [-0.05, 0) is 45.3 Å². The zero-order valence-corrected chi connectivity index (χ0v) is 14.4. The lowest BCUT2D eigenvalue weighted by molar-refractivity contribution is 0.00578. The summed E-state index contributed by atoms with van der Waals surface area (Å²) in [5.74, 6) is 0.694. The molecule has 0 unspecified atom stereocenters. The van der Waals surface area contributed by atoms with Gasteiger partial charge in [0.2, 0.25) is 0 Å². The van der Waals surface area contributed by atoms with Gasteiger partial charge in [-0.1, -0.05) is 30.3 Å². The molecule has 3 aromatic rings. The van der Waals surface area contributed by atoms with Gasteiger partial charge in [0.25, 0.3) is 0 Å². The van der Waals surface area contributed by atoms with Crippen LogP contribution in [0.4, 0.5) is 0 Å². The van der Waals surface area contributed by atoms with E-state index in [1.807, 2.05) is 48.7 Å². The Morgan fingerprint density at radius 3 is 2.42 bits per heavy atom. The van der Waals surface area contributed by atoms with Gasteiger partial charge in [0.1, 0.15) is 0 Å². The van der Waals surface area contributed by atoms with Gasteiger partial charge in [-0.2, -0.15) is 0 Å². The van der Waals surface area contributed by atoms with E-state index in [0.717, 1.165) is 16.7 Å². The molecule has 0 spiro atoms. The van der Waals surface area contributed by atoms with Crippen LogP contribution < -0.4 is 5.46 Å². The predicted molar refractivity (Wildman–Crippen MR) is 94.1 cm³/mol. The highest BCUT2D eigenvalue weighted by Gasteiger charge is 2.51. The van der Waals surface area contributed by atoms with Gasteiger partial charge in [-0.25, -0.2) is 9.50 Å². The van der Waals surface area contributed by atoms with E-state index in [0.29, 0.717) is 5.82 Å². The Bertz CT molecular complexity index is 855. The zero-order valence-electron chi connectivity index (χ0n) is 14.4. The van der Waals surface area contributed by atoms with Crippen molar-refractivity contribution in [2.45, 2.75) is 38.9 Å². The second kappa shape index (κ2) is 5.16. The number of fused-ring (bicyclic) bond motifs is 1. The summed E-state index contributed by atoms with van der Waals surface area (Å²) >= 11 is 0. The van der Waals surface area contributed by atoms with Crippen molar-refractivity contribution in [2.75, 3.05) is 0 Å². The predicted octanol–water partition coefficient (Wildman–Crippen LogP) is 2.70. The van der Waals surface area contributed by atoms with E-state index in [2.05, 4.69) is 37.8 Å². The van der Waals surface area contributed by atoms with Crippen molar-refractivity contribution in [2.24, 2.45) is 0 Å². The Morgan fingerprint density at radius 2 is 1.71 bits per heavy atom. The highest BCUT2D eigenvalue weighted by Crippen LogP contribution is 2.36. The highest BCUT2D eigenvalue weighted by atomic mass is 16.7. The minimum absolute atomic E-state index is 0.352. The molecule has 4 rings (SSSR count). The molecule has 1 fully saturated rings. The van der Waals surface area contributed by atoms with Crippen molar-refractivity contribution in [3.8, 4) is 11.4 Å². The molecule has 0 atom stereocenters. The largest absolute Gasteiger partial charge is 0.494 e. The van der Waals surface area contributed by atoms with Gasteiger partial charge < -0.3 is 9.31 Å². The number of aromatic nitrogens is 3. The van der Waals surface area contributed by atoms with Gasteiger partial charge in [0.05, 0.1) is 11.2 Å². The summed E-state index contributed by atoms with van der Waals surface area (Å²) in [6.07, 6.45) is 1.89. The fraction of sp³-hybridized carbons (Fsp3) is 0.333. The number of benzene rings is 1. The average Bonchev–Trinajstić information content (AvgIpc) is 3.06. The number of hydrogen-bond donors (Lipinski definition) is 0. The maximum Gasteiger partial charge on any atom is 0.494 e. The van der Waals surface area contributed by atoms with Crippen LogP contribution in [0.25, 0.3) is 17.0 Å². The van der Waals surface area contributed by atoms with Crippen molar-refractivity contribution < 1.29 is 9.31 Å². The van der Waals surface area contributed by atoms with E-state index in [1.54, 1.807) is 4.52 Å². The van der Waals surface area contributed by atoms with Gasteiger partial charge >= 0.3 is 7.12 Å². The molecule has 1 saturated heterocycles. The van der Waals surface area contributed by atoms with E-state index in [-0.39, 0.29) is 18.3 Å². The molecule has 24 heavy (non-hydrogen) atoms. The molecule has 6 heteroatoms. The first-order chi connectivity index (χ1) is 11.4. The van der Waals surface area contributed by atoms with Crippen LogP contribution >= 0.6 is 0 Å². The monoisotopic (exact) mass is 321 g/mol. The fourth-order valence-electron chi connectivity index (χ4n) is 2.76. The lowest BCUT2D eigenvalue weighted by Crippen LogP contribution is -2.41. The summed E-state index contributed by atoms with van der Waals surface area (Å²) in [7, 11) is -0.382. The summed E-state index contributed by atoms with van der Waals surface area (Å²) < 4.78 is 14.0. The third kappa shape index (κ3) is 2.42. The minimum atomic E-state index is -0.382. The molecule has 5 nitrogen and oxygen atoms in total. The lowest BCUT2D eigenvalue weighted by Gasteiger charge is -2.32. The van der Waals surface area contributed by atoms with Crippen LogP contribution in [0.5, 0.6) is 0 Å². The van der Waals surface area contributed by atoms with Gasteiger partial charge in [0, 0.05) is 11.8 Å². The molecular weight excluding hydrogens is 301 g/mol. The Labute approximate surface area is 141 Å². The fourth-order valence-corrected chi connectivity index (χ4v) is 2.76. The first-order valence-corrected chi connectivity index (χ1v) is 8.13. The first-order valence-electron chi connectivity index (χ1n) is 8.13. The Balaban J connectivity index is 1.70. The number of pyridine rings is 1. The SMILES string of the molecule is CC1(C)OB(c2cccc(-c3nc4ccccn4n3)c2)OC1(C)C. The molecular formula is C18H20BN3O2. The van der Waals surface area contributed by atoms with Crippen molar-refractivity contribution in [3.63, 3.8) is 0 Å². The number of nitrogens with zero attached hydrogens (tertiary/aromatic N) is 3. The van der Waals surface area contributed by atoms with E-state index in [1.165, 1.54) is 0 Å². The molecule has 2 aromatic heterocycles. The maximum atomic E-state index is 6.13. The van der Waals surface area contributed by atoms with Gasteiger partial charge in [-0.15, -0.1) is 5.10 Å². The summed E-state index contributed by atoms with van der Waals surface area (Å²) in [4.78, 5) is 4.58. The Hall–Kier alpha value is -2.18. The molecule has 0 bridgehead atoms. The number of rotatable bonds is 2. The standard InChI is InChI=1S/C18H20BN3O2/c1-17(2)18(3,4)24-19(23-17)14-9-7-8-13(12-14)16-20-15-10-5-6-11-22(15)21-16/h5-12H,1-4H3. The summed E-state index contributed by atoms with van der Waals surface area (Å²) in [5, 5.41) is 4.53. The van der Waals surface area contributed by atoms with Crippen LogP contribution in [-0.2, 0) is 9.31 Å². The van der Waals surface area contributed by atoms with Crippen LogP contribution in [0.3, 0.4) is 0 Å². The zero-order chi connectivity index (χ0) is 16.9. The van der Waals surface area contributed by atoms with Crippen LogP contribution in [0, 0.1) is 0 Å². The van der Waals surface area contributed by atoms with Gasteiger partial charge in [-0.3, -0.25) is 0 Å². The summed E-state index contributed by atoms with van der Waals surface area (Å²) in [6.45, 7) is 8.22. The topological polar surface area (TPSA) is 48.7 Å². The molecule has 122 valence electrons. The Morgan fingerprint density at radius 1 is 0.958 bits per heavy atom. The van der Waals surface area contributed by atoms with Crippen LogP contribution in [0.1, 0.15) is 27.7 Å². The second-order valence-electron chi connectivity index (χ2n) is 7.15. The minimum Gasteiger partial charge on any atom is -0.399 e. The van der Waals surface area contributed by atoms with Crippen molar-refractivity contribution in [1.29, 1.82) is 0 Å². The van der Waals surface area contributed by atoms with E-state index < -0.39 is 0 Å². The van der Waals surface area contributed by atoms with Crippen LogP contribution in [-0.4, -0.2) is 32.9 Å². The van der Waals surface area contributed by atoms with Crippen molar-refractivity contribution in [3.05, 3.63) is 48.7 Å².